The van der Waals surface area contributed by atoms with E-state index in [1.165, 1.54) is 18.4 Å². The first-order valence-corrected chi connectivity index (χ1v) is 11.5. The Labute approximate surface area is 180 Å². The molecule has 2 atom stereocenters. The molecule has 0 radical (unpaired) electrons. The number of rotatable bonds is 8. The second-order valence-electron chi connectivity index (χ2n) is 8.69. The van der Waals surface area contributed by atoms with Crippen molar-refractivity contribution in [2.24, 2.45) is 5.92 Å². The van der Waals surface area contributed by atoms with E-state index in [2.05, 4.69) is 47.4 Å². The lowest BCUT2D eigenvalue weighted by molar-refractivity contribution is -0.101. The highest BCUT2D eigenvalue weighted by Gasteiger charge is 2.50. The van der Waals surface area contributed by atoms with E-state index in [0.717, 1.165) is 43.8 Å². The summed E-state index contributed by atoms with van der Waals surface area (Å²) in [6.07, 6.45) is 4.68. The van der Waals surface area contributed by atoms with Crippen molar-refractivity contribution in [3.05, 3.63) is 65.7 Å². The van der Waals surface area contributed by atoms with Gasteiger partial charge in [0.2, 0.25) is 0 Å². The molecule has 1 saturated heterocycles. The third-order valence-corrected chi connectivity index (χ3v) is 7.01. The molecule has 4 rings (SSSR count). The Kier molecular flexibility index (Phi) is 7.08. The lowest BCUT2D eigenvalue weighted by Crippen LogP contribution is -2.57. The Morgan fingerprint density at radius 3 is 2.53 bits per heavy atom. The number of ether oxygens (including phenoxy) is 2. The van der Waals surface area contributed by atoms with Gasteiger partial charge in [-0.2, -0.15) is 0 Å². The van der Waals surface area contributed by atoms with E-state index in [1.54, 1.807) is 0 Å². The SMILES string of the molecule is CCOc1ccccc1C(CO)(C1CCCC1)C1CN(Cc2ccccc2)CCO1. The molecule has 1 aliphatic carbocycles. The largest absolute Gasteiger partial charge is 0.494 e. The number of aliphatic hydroxyl groups is 1. The predicted molar refractivity (Wildman–Crippen MR) is 120 cm³/mol. The molecule has 0 bridgehead atoms. The molecule has 2 unspecified atom stereocenters. The summed E-state index contributed by atoms with van der Waals surface area (Å²) in [6, 6.07) is 18.9. The normalized spacial score (nSPS) is 22.7. The summed E-state index contributed by atoms with van der Waals surface area (Å²) in [5.74, 6) is 1.30. The predicted octanol–water partition coefficient (Wildman–Crippen LogP) is 4.41. The van der Waals surface area contributed by atoms with Gasteiger partial charge in [-0.3, -0.25) is 4.90 Å². The molecule has 0 spiro atoms. The van der Waals surface area contributed by atoms with Gasteiger partial charge in [-0.25, -0.2) is 0 Å². The fraction of sp³-hybridized carbons (Fsp3) is 0.538. The van der Waals surface area contributed by atoms with Gasteiger partial charge in [0.05, 0.1) is 31.3 Å². The first-order valence-electron chi connectivity index (χ1n) is 11.5. The number of para-hydroxylation sites is 1. The van der Waals surface area contributed by atoms with Crippen molar-refractivity contribution in [3.8, 4) is 5.75 Å². The second kappa shape index (κ2) is 9.95. The number of aliphatic hydroxyl groups excluding tert-OH is 1. The summed E-state index contributed by atoms with van der Waals surface area (Å²) in [4.78, 5) is 2.48. The number of hydrogen-bond acceptors (Lipinski definition) is 4. The molecule has 1 heterocycles. The van der Waals surface area contributed by atoms with Crippen LogP contribution in [0, 0.1) is 5.92 Å². The van der Waals surface area contributed by atoms with Gasteiger partial charge >= 0.3 is 0 Å². The lowest BCUT2D eigenvalue weighted by Gasteiger charge is -2.48. The summed E-state index contributed by atoms with van der Waals surface area (Å²) < 4.78 is 12.5. The molecule has 2 fully saturated rings. The standard InChI is InChI=1S/C26H35NO3/c1-2-29-24-15-9-8-14-23(24)26(20-28,22-12-6-7-13-22)25-19-27(16-17-30-25)18-21-10-4-3-5-11-21/h3-5,8-11,14-15,22,25,28H,2,6-7,12-13,16-20H2,1H3. The van der Waals surface area contributed by atoms with E-state index in [4.69, 9.17) is 9.47 Å². The van der Waals surface area contributed by atoms with Gasteiger partial charge in [-0.1, -0.05) is 61.4 Å². The number of hydrogen-bond donors (Lipinski definition) is 1. The van der Waals surface area contributed by atoms with E-state index >= 15 is 0 Å². The molecule has 2 aromatic carbocycles. The third-order valence-electron chi connectivity index (χ3n) is 7.01. The molecule has 1 aliphatic heterocycles. The van der Waals surface area contributed by atoms with E-state index in [1.807, 2.05) is 19.1 Å². The number of benzene rings is 2. The maximum Gasteiger partial charge on any atom is 0.123 e. The molecule has 4 nitrogen and oxygen atoms in total. The van der Waals surface area contributed by atoms with E-state index in [9.17, 15) is 5.11 Å². The second-order valence-corrected chi connectivity index (χ2v) is 8.69. The fourth-order valence-electron chi connectivity index (χ4n) is 5.55. The van der Waals surface area contributed by atoms with Crippen LogP contribution in [-0.4, -0.2) is 49.0 Å². The monoisotopic (exact) mass is 409 g/mol. The van der Waals surface area contributed by atoms with Gasteiger partial charge in [0, 0.05) is 25.2 Å². The Balaban J connectivity index is 1.67. The van der Waals surface area contributed by atoms with Crippen LogP contribution >= 0.6 is 0 Å². The quantitative estimate of drug-likeness (QED) is 0.701. The minimum atomic E-state index is -0.433. The highest BCUT2D eigenvalue weighted by atomic mass is 16.5. The molecule has 4 heteroatoms. The van der Waals surface area contributed by atoms with Crippen LogP contribution in [0.3, 0.4) is 0 Å². The number of morpholine rings is 1. The molecule has 0 amide bonds. The van der Waals surface area contributed by atoms with Crippen molar-refractivity contribution < 1.29 is 14.6 Å². The van der Waals surface area contributed by atoms with Crippen molar-refractivity contribution in [1.82, 2.24) is 4.90 Å². The van der Waals surface area contributed by atoms with Crippen LogP contribution in [0.15, 0.2) is 54.6 Å². The van der Waals surface area contributed by atoms with E-state index < -0.39 is 5.41 Å². The van der Waals surface area contributed by atoms with Crippen LogP contribution in [0.4, 0.5) is 0 Å². The minimum Gasteiger partial charge on any atom is -0.494 e. The van der Waals surface area contributed by atoms with Crippen molar-refractivity contribution in [2.75, 3.05) is 32.9 Å². The number of nitrogens with zero attached hydrogens (tertiary/aromatic N) is 1. The topological polar surface area (TPSA) is 41.9 Å². The smallest absolute Gasteiger partial charge is 0.123 e. The van der Waals surface area contributed by atoms with Crippen LogP contribution in [0.5, 0.6) is 5.75 Å². The Bertz CT molecular complexity index is 790. The molecule has 1 N–H and O–H groups in total. The Morgan fingerprint density at radius 2 is 1.80 bits per heavy atom. The van der Waals surface area contributed by atoms with Crippen molar-refractivity contribution in [3.63, 3.8) is 0 Å². The summed E-state index contributed by atoms with van der Waals surface area (Å²) >= 11 is 0. The molecule has 2 aromatic rings. The first-order chi connectivity index (χ1) is 14.8. The molecular formula is C26H35NO3. The molecular weight excluding hydrogens is 374 g/mol. The molecule has 30 heavy (non-hydrogen) atoms. The maximum absolute atomic E-state index is 11.0. The van der Waals surface area contributed by atoms with Gasteiger partial charge in [0.15, 0.2) is 0 Å². The van der Waals surface area contributed by atoms with E-state index in [-0.39, 0.29) is 12.7 Å². The van der Waals surface area contributed by atoms with Gasteiger partial charge in [0.1, 0.15) is 5.75 Å². The lowest BCUT2D eigenvalue weighted by atomic mass is 9.65. The van der Waals surface area contributed by atoms with Crippen LogP contribution in [-0.2, 0) is 16.7 Å². The Morgan fingerprint density at radius 1 is 1.07 bits per heavy atom. The average molecular weight is 410 g/mol. The Hall–Kier alpha value is -1.88. The van der Waals surface area contributed by atoms with Crippen LogP contribution < -0.4 is 4.74 Å². The van der Waals surface area contributed by atoms with Gasteiger partial charge in [-0.15, -0.1) is 0 Å². The van der Waals surface area contributed by atoms with Crippen molar-refractivity contribution in [2.45, 2.75) is 50.7 Å². The van der Waals surface area contributed by atoms with E-state index in [0.29, 0.717) is 19.1 Å². The maximum atomic E-state index is 11.0. The summed E-state index contributed by atoms with van der Waals surface area (Å²) in [6.45, 7) is 6.09. The van der Waals surface area contributed by atoms with Gasteiger partial charge in [0.25, 0.3) is 0 Å². The van der Waals surface area contributed by atoms with Crippen molar-refractivity contribution in [1.29, 1.82) is 0 Å². The summed E-state index contributed by atoms with van der Waals surface area (Å²) in [5.41, 5.74) is 2.01. The van der Waals surface area contributed by atoms with Crippen LogP contribution in [0.2, 0.25) is 0 Å². The fourth-order valence-corrected chi connectivity index (χ4v) is 5.55. The highest BCUT2D eigenvalue weighted by Crippen LogP contribution is 2.49. The minimum absolute atomic E-state index is 0.0512. The molecule has 0 aromatic heterocycles. The zero-order chi connectivity index (χ0) is 20.8. The van der Waals surface area contributed by atoms with Crippen molar-refractivity contribution >= 4 is 0 Å². The van der Waals surface area contributed by atoms with Gasteiger partial charge < -0.3 is 14.6 Å². The summed E-state index contributed by atoms with van der Waals surface area (Å²) in [7, 11) is 0. The molecule has 162 valence electrons. The third kappa shape index (κ3) is 4.27. The first kappa shape index (κ1) is 21.4. The van der Waals surface area contributed by atoms with Crippen LogP contribution in [0.25, 0.3) is 0 Å². The molecule has 2 aliphatic rings. The van der Waals surface area contributed by atoms with Gasteiger partial charge in [-0.05, 0) is 37.3 Å². The van der Waals surface area contributed by atoms with Crippen LogP contribution in [0.1, 0.15) is 43.7 Å². The summed E-state index contributed by atoms with van der Waals surface area (Å²) in [5, 5.41) is 11.0. The zero-order valence-electron chi connectivity index (χ0n) is 18.1. The highest BCUT2D eigenvalue weighted by molar-refractivity contribution is 5.42. The molecule has 1 saturated carbocycles. The zero-order valence-corrected chi connectivity index (χ0v) is 18.1. The average Bonchev–Trinajstić information content (AvgIpc) is 3.32.